The van der Waals surface area contributed by atoms with Crippen LogP contribution in [0.2, 0.25) is 0 Å². The van der Waals surface area contributed by atoms with E-state index in [1.807, 2.05) is 53.6 Å². The number of rotatable bonds is 10. The van der Waals surface area contributed by atoms with Crippen LogP contribution < -0.4 is 0 Å². The Morgan fingerprint density at radius 2 is 1.47 bits per heavy atom. The molecule has 0 aromatic carbocycles. The average Bonchev–Trinajstić information content (AvgIpc) is 3.11. The quantitative estimate of drug-likeness (QED) is 0.181. The zero-order valence-corrected chi connectivity index (χ0v) is 37.2. The van der Waals surface area contributed by atoms with Crippen molar-refractivity contribution in [1.29, 1.82) is 0 Å². The van der Waals surface area contributed by atoms with Gasteiger partial charge in [0, 0.05) is 40.4 Å². The number of aliphatic hydroxyl groups is 2. The first-order valence-corrected chi connectivity index (χ1v) is 20.4. The van der Waals surface area contributed by atoms with E-state index in [1.54, 1.807) is 47.8 Å². The number of methoxy groups -OCH3 is 2. The van der Waals surface area contributed by atoms with Crippen molar-refractivity contribution in [3.63, 3.8) is 0 Å². The van der Waals surface area contributed by atoms with Crippen LogP contribution in [0.25, 0.3) is 0 Å². The summed E-state index contributed by atoms with van der Waals surface area (Å²) in [6, 6.07) is -0.257. The van der Waals surface area contributed by atoms with Gasteiger partial charge in [0.15, 0.2) is 24.8 Å². The molecule has 0 amide bonds. The molecule has 3 rings (SSSR count). The van der Waals surface area contributed by atoms with Gasteiger partial charge in [-0.1, -0.05) is 20.8 Å². The maximum Gasteiger partial charge on any atom is 0.311 e. The van der Waals surface area contributed by atoms with E-state index in [2.05, 4.69) is 0 Å². The minimum absolute atomic E-state index is 0.131. The summed E-state index contributed by atoms with van der Waals surface area (Å²) in [5, 5.41) is 23.4. The highest BCUT2D eigenvalue weighted by Crippen LogP contribution is 2.42. The van der Waals surface area contributed by atoms with Gasteiger partial charge in [0.25, 0.3) is 0 Å². The smallest absolute Gasteiger partial charge is 0.311 e. The molecule has 0 saturated carbocycles. The maximum atomic E-state index is 14.4. The van der Waals surface area contributed by atoms with Gasteiger partial charge in [0.05, 0.1) is 48.1 Å². The SMILES string of the molecule is CC[C@H]1OC(=O)[C@H](C)[C@@H](O[C@H]2C[C@@](C)(OC)[C@@H](OC(C)=O)[C@H](C)O2)[C@H](C)[C@@H](O[C@@H]2O[C@H](C)C[C@H](N(C)C)[C@H]2OC(C)=O)[C@](C)(OC)C[C@@H](C)[C@H](O)/C(C)=C/[C@]1(C)O. The van der Waals surface area contributed by atoms with Crippen LogP contribution >= 0.6 is 0 Å². The van der Waals surface area contributed by atoms with Gasteiger partial charge in [-0.05, 0) is 99.4 Å². The first-order chi connectivity index (χ1) is 26.3. The molecule has 0 unspecified atom stereocenters. The zero-order valence-electron chi connectivity index (χ0n) is 37.2. The largest absolute Gasteiger partial charge is 0.459 e. The number of esters is 3. The van der Waals surface area contributed by atoms with Crippen LogP contribution in [0.3, 0.4) is 0 Å². The molecule has 15 nitrogen and oxygen atoms in total. The highest BCUT2D eigenvalue weighted by Gasteiger charge is 2.54. The van der Waals surface area contributed by atoms with Crippen LogP contribution in [0.4, 0.5) is 0 Å². The van der Waals surface area contributed by atoms with Crippen LogP contribution in [-0.2, 0) is 57.0 Å². The van der Waals surface area contributed by atoms with Gasteiger partial charge in [-0.15, -0.1) is 0 Å². The monoisotopic (exact) mass is 816 g/mol. The summed E-state index contributed by atoms with van der Waals surface area (Å²) in [6.45, 7) is 20.6. The average molecular weight is 816 g/mol. The van der Waals surface area contributed by atoms with E-state index in [1.165, 1.54) is 21.0 Å². The van der Waals surface area contributed by atoms with Crippen molar-refractivity contribution in [3.8, 4) is 0 Å². The van der Waals surface area contributed by atoms with Crippen molar-refractivity contribution in [2.45, 2.75) is 193 Å². The Balaban J connectivity index is 2.27. The van der Waals surface area contributed by atoms with Crippen LogP contribution in [0.15, 0.2) is 11.6 Å². The van der Waals surface area contributed by atoms with Gasteiger partial charge >= 0.3 is 17.9 Å². The Hall–Kier alpha value is -2.21. The second-order valence-corrected chi connectivity index (χ2v) is 17.6. The minimum Gasteiger partial charge on any atom is -0.459 e. The van der Waals surface area contributed by atoms with E-state index < -0.39 is 108 Å². The second-order valence-electron chi connectivity index (χ2n) is 17.6. The molecule has 15 heteroatoms. The Morgan fingerprint density at radius 3 is 2.00 bits per heavy atom. The molecular formula is C42H73NO14. The molecule has 0 bridgehead atoms. The summed E-state index contributed by atoms with van der Waals surface area (Å²) in [6.07, 6.45) is -5.68. The molecule has 3 aliphatic rings. The number of nitrogens with zero attached hydrogens (tertiary/aromatic N) is 1. The molecule has 0 aliphatic carbocycles. The van der Waals surface area contributed by atoms with Crippen molar-refractivity contribution in [1.82, 2.24) is 4.90 Å². The molecule has 330 valence electrons. The Labute approximate surface area is 340 Å². The summed E-state index contributed by atoms with van der Waals surface area (Å²) in [5.41, 5.74) is -3.33. The predicted octanol–water partition coefficient (Wildman–Crippen LogP) is 4.32. The lowest BCUT2D eigenvalue weighted by Crippen LogP contribution is -2.61. The summed E-state index contributed by atoms with van der Waals surface area (Å²) >= 11 is 0. The van der Waals surface area contributed by atoms with Crippen molar-refractivity contribution in [3.05, 3.63) is 11.6 Å². The number of hydrogen-bond donors (Lipinski definition) is 2. The molecular weight excluding hydrogens is 742 g/mol. The maximum absolute atomic E-state index is 14.4. The fraction of sp³-hybridized carbons (Fsp3) is 0.881. The predicted molar refractivity (Wildman–Crippen MR) is 210 cm³/mol. The summed E-state index contributed by atoms with van der Waals surface area (Å²) in [7, 11) is 6.89. The first kappa shape index (κ1) is 49.2. The van der Waals surface area contributed by atoms with E-state index in [9.17, 15) is 24.6 Å². The number of ether oxygens (including phenoxy) is 9. The van der Waals surface area contributed by atoms with E-state index in [4.69, 9.17) is 42.6 Å². The molecule has 57 heavy (non-hydrogen) atoms. The van der Waals surface area contributed by atoms with Crippen LogP contribution in [0.5, 0.6) is 0 Å². The van der Waals surface area contributed by atoms with Gasteiger partial charge in [-0.25, -0.2) is 0 Å². The van der Waals surface area contributed by atoms with Crippen LogP contribution in [-0.4, -0.2) is 146 Å². The number of carbonyl (C=O) groups is 3. The lowest BCUT2D eigenvalue weighted by Gasteiger charge is -2.50. The normalized spacial score (nSPS) is 45.0. The van der Waals surface area contributed by atoms with Gasteiger partial charge in [-0.3, -0.25) is 14.4 Å². The molecule has 0 spiro atoms. The first-order valence-electron chi connectivity index (χ1n) is 20.4. The number of aliphatic hydroxyl groups excluding tert-OH is 1. The van der Waals surface area contributed by atoms with Gasteiger partial charge < -0.3 is 57.7 Å². The molecule has 3 aliphatic heterocycles. The van der Waals surface area contributed by atoms with Gasteiger partial charge in [0.1, 0.15) is 17.3 Å². The lowest BCUT2D eigenvalue weighted by atomic mass is 9.75. The van der Waals surface area contributed by atoms with Crippen molar-refractivity contribution in [2.75, 3.05) is 28.3 Å². The van der Waals surface area contributed by atoms with Crippen molar-refractivity contribution >= 4 is 17.9 Å². The zero-order chi connectivity index (χ0) is 43.4. The molecule has 0 aromatic heterocycles. The number of likely N-dealkylation sites (N-methyl/N-ethyl adjacent to an activating group) is 1. The lowest BCUT2D eigenvalue weighted by molar-refractivity contribution is -0.321. The number of cyclic esters (lactones) is 1. The topological polar surface area (TPSA) is 178 Å². The fourth-order valence-electron chi connectivity index (χ4n) is 9.10. The molecule has 0 aromatic rings. The van der Waals surface area contributed by atoms with E-state index in [0.717, 1.165) is 0 Å². The van der Waals surface area contributed by atoms with Gasteiger partial charge in [0.2, 0.25) is 0 Å². The third-order valence-corrected chi connectivity index (χ3v) is 12.3. The Kier molecular flexibility index (Phi) is 17.2. The highest BCUT2D eigenvalue weighted by molar-refractivity contribution is 5.73. The molecule has 2 fully saturated rings. The number of carbonyl (C=O) groups excluding carboxylic acids is 3. The molecule has 3 heterocycles. The molecule has 17 atom stereocenters. The van der Waals surface area contributed by atoms with E-state index >= 15 is 0 Å². The second kappa shape index (κ2) is 19.9. The third-order valence-electron chi connectivity index (χ3n) is 12.3. The highest BCUT2D eigenvalue weighted by atomic mass is 16.7. The fourth-order valence-corrected chi connectivity index (χ4v) is 9.10. The summed E-state index contributed by atoms with van der Waals surface area (Å²) < 4.78 is 56.7. The summed E-state index contributed by atoms with van der Waals surface area (Å²) in [4.78, 5) is 41.0. The van der Waals surface area contributed by atoms with Crippen molar-refractivity contribution in [2.24, 2.45) is 17.8 Å². The van der Waals surface area contributed by atoms with Crippen molar-refractivity contribution < 1.29 is 67.2 Å². The number of hydrogen-bond acceptors (Lipinski definition) is 15. The minimum atomic E-state index is -1.62. The Bertz CT molecular complexity index is 1390. The molecule has 2 saturated heterocycles. The molecule has 2 N–H and O–H groups in total. The van der Waals surface area contributed by atoms with Gasteiger partial charge in [-0.2, -0.15) is 0 Å². The standard InChI is InChI=1S/C42H73NO14/c1-17-31-40(10,48)19-22(2)33(46)23(3)20-41(11,49-15)36(57-39-35(53-28(8)44)30(43(13)14)18-24(4)51-39)25(5)34(26(6)38(47)55-31)56-32-21-42(12,50-16)37(27(7)52-32)54-29(9)45/h19,23-27,30-37,39,46,48H,17-18,20-21H2,1-16H3/b22-19+/t23-,24-,25+,26-,27+,30+,31-,32+,33-,34+,35-,36-,37+,39+,40+,41-,42-/m1/s1. The summed E-state index contributed by atoms with van der Waals surface area (Å²) in [5.74, 6) is -3.74. The van der Waals surface area contributed by atoms with Crippen LogP contribution in [0, 0.1) is 17.8 Å². The van der Waals surface area contributed by atoms with E-state index in [-0.39, 0.29) is 31.4 Å². The van der Waals surface area contributed by atoms with E-state index in [0.29, 0.717) is 12.0 Å². The third kappa shape index (κ3) is 11.8. The molecule has 0 radical (unpaired) electrons. The Morgan fingerprint density at radius 1 is 0.895 bits per heavy atom. The van der Waals surface area contributed by atoms with Crippen LogP contribution in [0.1, 0.15) is 109 Å².